The number of aromatic nitrogens is 1. The molecule has 3 aromatic rings. The molecular weight excluding hydrogens is 404 g/mol. The van der Waals surface area contributed by atoms with Crippen LogP contribution in [0.1, 0.15) is 46.1 Å². The molecule has 0 aliphatic heterocycles. The van der Waals surface area contributed by atoms with Gasteiger partial charge in [-0.25, -0.2) is 4.98 Å². The molecule has 0 aliphatic rings. The maximum Gasteiger partial charge on any atom is 0.308 e. The number of benzene rings is 1. The molecule has 0 radical (unpaired) electrons. The molecule has 0 aliphatic carbocycles. The van der Waals surface area contributed by atoms with Gasteiger partial charge < -0.3 is 19.2 Å². The van der Waals surface area contributed by atoms with E-state index in [0.29, 0.717) is 27.1 Å². The van der Waals surface area contributed by atoms with Gasteiger partial charge in [0, 0.05) is 0 Å². The molecule has 0 bridgehead atoms. The van der Waals surface area contributed by atoms with Gasteiger partial charge in [-0.2, -0.15) is 0 Å². The summed E-state index contributed by atoms with van der Waals surface area (Å²) in [6.45, 7) is 5.65. The summed E-state index contributed by atoms with van der Waals surface area (Å²) < 4.78 is 16.0. The Hall–Kier alpha value is -3.13. The zero-order valence-corrected chi connectivity index (χ0v) is 18.2. The Kier molecular flexibility index (Phi) is 6.89. The maximum atomic E-state index is 13.0. The third-order valence-corrected chi connectivity index (χ3v) is 5.60. The maximum absolute atomic E-state index is 13.0. The average molecular weight is 429 g/mol. The predicted molar refractivity (Wildman–Crippen MR) is 114 cm³/mol. The van der Waals surface area contributed by atoms with Crippen LogP contribution in [0.15, 0.2) is 40.8 Å². The highest BCUT2D eigenvalue weighted by atomic mass is 32.1. The summed E-state index contributed by atoms with van der Waals surface area (Å²) in [5.74, 6) is 1.34. The fraction of sp³-hybridized carbons (Fsp3) is 0.318. The van der Waals surface area contributed by atoms with Gasteiger partial charge in [-0.1, -0.05) is 12.1 Å². The molecule has 1 aromatic carbocycles. The summed E-state index contributed by atoms with van der Waals surface area (Å²) in [7, 11) is 1.57. The number of methoxy groups -OCH3 is 1. The summed E-state index contributed by atoms with van der Waals surface area (Å²) >= 11 is 1.25. The molecule has 8 heteroatoms. The van der Waals surface area contributed by atoms with Crippen LogP contribution in [0.4, 0.5) is 0 Å². The third kappa shape index (κ3) is 5.07. The van der Waals surface area contributed by atoms with Crippen LogP contribution < -0.4 is 10.1 Å². The molecule has 30 heavy (non-hydrogen) atoms. The van der Waals surface area contributed by atoms with E-state index in [-0.39, 0.29) is 18.9 Å². The molecule has 1 unspecified atom stereocenters. The van der Waals surface area contributed by atoms with Crippen molar-refractivity contribution in [3.63, 3.8) is 0 Å². The second kappa shape index (κ2) is 9.58. The lowest BCUT2D eigenvalue weighted by atomic mass is 10.0. The Labute approximate surface area is 179 Å². The number of aryl methyl sites for hydroxylation is 2. The number of amides is 1. The van der Waals surface area contributed by atoms with Gasteiger partial charge in [-0.3, -0.25) is 9.59 Å². The van der Waals surface area contributed by atoms with E-state index in [1.807, 2.05) is 31.2 Å². The number of hydrogen-bond donors (Lipinski definition) is 1. The highest BCUT2D eigenvalue weighted by Crippen LogP contribution is 2.30. The smallest absolute Gasteiger partial charge is 0.308 e. The molecule has 158 valence electrons. The molecule has 3 rings (SSSR count). The van der Waals surface area contributed by atoms with Crippen LogP contribution in [0, 0.1) is 13.8 Å². The quantitative estimate of drug-likeness (QED) is 0.533. The molecular formula is C22H24N2O5S. The summed E-state index contributed by atoms with van der Waals surface area (Å²) in [6.07, 6.45) is 0.00876. The molecule has 1 atom stereocenters. The molecule has 0 saturated heterocycles. The minimum atomic E-state index is -0.567. The van der Waals surface area contributed by atoms with Gasteiger partial charge in [-0.15, -0.1) is 11.3 Å². The second-order valence-corrected chi connectivity index (χ2v) is 7.65. The number of hydrogen-bond acceptors (Lipinski definition) is 7. The normalized spacial score (nSPS) is 11.7. The minimum Gasteiger partial charge on any atom is -0.497 e. The van der Waals surface area contributed by atoms with Gasteiger partial charge in [0.1, 0.15) is 16.4 Å². The van der Waals surface area contributed by atoms with Gasteiger partial charge in [0.05, 0.1) is 31.9 Å². The molecule has 0 spiro atoms. The van der Waals surface area contributed by atoms with E-state index in [1.54, 1.807) is 33.1 Å². The lowest BCUT2D eigenvalue weighted by molar-refractivity contribution is -0.143. The zero-order chi connectivity index (χ0) is 21.7. The number of rotatable bonds is 8. The minimum absolute atomic E-state index is 0.00876. The van der Waals surface area contributed by atoms with E-state index >= 15 is 0 Å². The number of nitrogens with one attached hydrogen (secondary N) is 1. The van der Waals surface area contributed by atoms with Crippen molar-refractivity contribution in [2.24, 2.45) is 0 Å². The van der Waals surface area contributed by atoms with Crippen molar-refractivity contribution in [3.05, 3.63) is 58.3 Å². The average Bonchev–Trinajstić information content (AvgIpc) is 3.33. The Morgan fingerprint density at radius 2 is 2.03 bits per heavy atom. The summed E-state index contributed by atoms with van der Waals surface area (Å²) in [6, 6.07) is 10.4. The van der Waals surface area contributed by atoms with E-state index < -0.39 is 12.0 Å². The molecule has 0 fully saturated rings. The van der Waals surface area contributed by atoms with Crippen LogP contribution in [0.2, 0.25) is 0 Å². The Morgan fingerprint density at radius 1 is 1.23 bits per heavy atom. The molecule has 1 N–H and O–H groups in total. The Balaban J connectivity index is 1.85. The highest BCUT2D eigenvalue weighted by Gasteiger charge is 2.24. The number of carbonyl (C=O) groups is 2. The number of thiazole rings is 1. The van der Waals surface area contributed by atoms with E-state index in [1.165, 1.54) is 11.3 Å². The fourth-order valence-electron chi connectivity index (χ4n) is 2.98. The van der Waals surface area contributed by atoms with Crippen molar-refractivity contribution in [1.29, 1.82) is 0 Å². The second-order valence-electron chi connectivity index (χ2n) is 6.66. The standard InChI is InChI=1S/C22H24N2O5S/c1-5-28-19(25)12-17(15-7-6-8-16(11-15)27-4)24-21(26)20-14(3)23-22(30-20)18-10-9-13(2)29-18/h6-11,17H,5,12H2,1-4H3,(H,24,26). The summed E-state index contributed by atoms with van der Waals surface area (Å²) in [5, 5.41) is 3.58. The van der Waals surface area contributed by atoms with Crippen LogP contribution in [0.5, 0.6) is 5.75 Å². The van der Waals surface area contributed by atoms with Gasteiger partial charge in [0.25, 0.3) is 5.91 Å². The van der Waals surface area contributed by atoms with Crippen LogP contribution in [-0.2, 0) is 9.53 Å². The largest absolute Gasteiger partial charge is 0.497 e. The summed E-state index contributed by atoms with van der Waals surface area (Å²) in [5.41, 5.74) is 1.35. The first-order chi connectivity index (χ1) is 14.4. The van der Waals surface area contributed by atoms with Crippen molar-refractivity contribution in [2.45, 2.75) is 33.2 Å². The highest BCUT2D eigenvalue weighted by molar-refractivity contribution is 7.17. The lowest BCUT2D eigenvalue weighted by Crippen LogP contribution is -2.30. The topological polar surface area (TPSA) is 90.7 Å². The molecule has 2 aromatic heterocycles. The number of furan rings is 1. The number of esters is 1. The first-order valence-electron chi connectivity index (χ1n) is 9.56. The first kappa shape index (κ1) is 21.6. The Bertz CT molecular complexity index is 1040. The zero-order valence-electron chi connectivity index (χ0n) is 17.4. The van der Waals surface area contributed by atoms with E-state index in [4.69, 9.17) is 13.9 Å². The van der Waals surface area contributed by atoms with Crippen LogP contribution in [0.3, 0.4) is 0 Å². The number of nitrogens with zero attached hydrogens (tertiary/aromatic N) is 1. The molecule has 1 amide bonds. The first-order valence-corrected chi connectivity index (χ1v) is 10.4. The van der Waals surface area contributed by atoms with Crippen molar-refractivity contribution in [1.82, 2.24) is 10.3 Å². The number of ether oxygens (including phenoxy) is 2. The molecule has 2 heterocycles. The SMILES string of the molecule is CCOC(=O)CC(NC(=O)c1sc(-c2ccc(C)o2)nc1C)c1cccc(OC)c1. The monoisotopic (exact) mass is 428 g/mol. The number of carbonyl (C=O) groups excluding carboxylic acids is 2. The van der Waals surface area contributed by atoms with Crippen molar-refractivity contribution >= 4 is 23.2 Å². The van der Waals surface area contributed by atoms with E-state index in [2.05, 4.69) is 10.3 Å². The molecule has 7 nitrogen and oxygen atoms in total. The fourth-order valence-corrected chi connectivity index (χ4v) is 3.91. The van der Waals surface area contributed by atoms with Gasteiger partial charge in [0.2, 0.25) is 0 Å². The Morgan fingerprint density at radius 3 is 2.70 bits per heavy atom. The van der Waals surface area contributed by atoms with Gasteiger partial charge in [-0.05, 0) is 50.6 Å². The van der Waals surface area contributed by atoms with Crippen LogP contribution in [-0.4, -0.2) is 30.6 Å². The lowest BCUT2D eigenvalue weighted by Gasteiger charge is -2.19. The van der Waals surface area contributed by atoms with E-state index in [9.17, 15) is 9.59 Å². The van der Waals surface area contributed by atoms with Crippen molar-refractivity contribution < 1.29 is 23.5 Å². The van der Waals surface area contributed by atoms with E-state index in [0.717, 1.165) is 11.3 Å². The molecule has 0 saturated carbocycles. The van der Waals surface area contributed by atoms with Crippen molar-refractivity contribution in [3.8, 4) is 16.5 Å². The third-order valence-electron chi connectivity index (χ3n) is 4.43. The van der Waals surface area contributed by atoms with Gasteiger partial charge in [0.15, 0.2) is 10.8 Å². The summed E-state index contributed by atoms with van der Waals surface area (Å²) in [4.78, 5) is 30.1. The van der Waals surface area contributed by atoms with Crippen LogP contribution >= 0.6 is 11.3 Å². The van der Waals surface area contributed by atoms with Crippen molar-refractivity contribution in [2.75, 3.05) is 13.7 Å². The predicted octanol–water partition coefficient (Wildman–Crippen LogP) is 4.45. The van der Waals surface area contributed by atoms with Crippen LogP contribution in [0.25, 0.3) is 10.8 Å². The van der Waals surface area contributed by atoms with Gasteiger partial charge >= 0.3 is 5.97 Å².